The average molecular weight is 217 g/mol. The minimum Gasteiger partial charge on any atom is -1.00 e. The third-order valence-electron chi connectivity index (χ3n) is 0. The van der Waals surface area contributed by atoms with Gasteiger partial charge in [-0.15, -0.1) is 0 Å². The fourth-order valence-electron chi connectivity index (χ4n) is 0. The van der Waals surface area contributed by atoms with E-state index in [0.717, 1.165) is 0 Å². The van der Waals surface area contributed by atoms with Crippen molar-refractivity contribution in [1.29, 1.82) is 0 Å². The molecule has 0 aromatic rings. The van der Waals surface area contributed by atoms with E-state index < -0.39 is 12.3 Å². The van der Waals surface area contributed by atoms with Crippen molar-refractivity contribution in [3.63, 3.8) is 0 Å². The van der Waals surface area contributed by atoms with E-state index in [9.17, 15) is 0 Å². The maximum atomic E-state index is 8.29. The summed E-state index contributed by atoms with van der Waals surface area (Å²) >= 11 is -0.750. The van der Waals surface area contributed by atoms with Crippen LogP contribution in [0.25, 0.3) is 0 Å². The fraction of sp³-hybridized carbons (Fsp3) is 0. The van der Waals surface area contributed by atoms with Gasteiger partial charge in [0, 0.05) is 0 Å². The number of halogens is 1. The monoisotopic (exact) mass is 216 g/mol. The molecule has 0 aromatic carbocycles. The first-order valence-electron chi connectivity index (χ1n) is 0.622. The predicted molar refractivity (Wildman–Crippen MR) is 24.0 cm³/mol. The Morgan fingerprint density at radius 3 is 1.10 bits per heavy atom. The van der Waals surface area contributed by atoms with Gasteiger partial charge in [-0.1, -0.05) is 0 Å². The zero-order valence-electron chi connectivity index (χ0n) is 5.87. The Kier molecular flexibility index (Phi) is 479. The molecule has 48 valence electrons. The van der Waals surface area contributed by atoms with Gasteiger partial charge in [-0.25, -0.2) is 0 Å². The average Bonchev–Trinajstić information content (AvgIpc) is 1.46. The molecule has 0 amide bonds. The van der Waals surface area contributed by atoms with Gasteiger partial charge < -0.3 is 44.1 Å². The second-order valence-electron chi connectivity index (χ2n) is 0.0680. The first-order valence-corrected chi connectivity index (χ1v) is 1.29. The van der Waals surface area contributed by atoms with E-state index in [2.05, 4.69) is 0 Å². The van der Waals surface area contributed by atoms with Crippen molar-refractivity contribution in [2.75, 3.05) is 0 Å². The number of carbonyl (C=O) groups excluding carboxylic acids is 1. The van der Waals surface area contributed by atoms with Crippen LogP contribution in [0.1, 0.15) is 0 Å². The molecule has 0 aliphatic heterocycles. The molecule has 0 aliphatic carbocycles. The Morgan fingerprint density at radius 1 is 1.10 bits per heavy atom. The number of hydrogen-bond donors (Lipinski definition) is 0. The molecule has 9 heteroatoms. The smallest absolute Gasteiger partial charge is 1.00 e. The minimum absolute atomic E-state index is 0. The minimum atomic E-state index is -0.750. The van der Waals surface area contributed by atoms with E-state index in [4.69, 9.17) is 13.9 Å². The molecule has 0 radical (unpaired) electrons. The fourth-order valence-corrected chi connectivity index (χ4v) is 0. The second-order valence-corrected chi connectivity index (χ2v) is 0.204. The van der Waals surface area contributed by atoms with E-state index in [-0.39, 0.29) is 100 Å². The van der Waals surface area contributed by atoms with Crippen LogP contribution in [0.15, 0.2) is 0 Å². The Hall–Kier alpha value is 2.96. The van der Waals surface area contributed by atoms with Crippen molar-refractivity contribution in [3.8, 4) is 0 Å². The van der Waals surface area contributed by atoms with E-state index in [1.165, 1.54) is 0 Å². The first-order chi connectivity index (χ1) is 2.41. The van der Waals surface area contributed by atoms with Crippen LogP contribution in [0.2, 0.25) is 0 Å². The Morgan fingerprint density at radius 2 is 1.10 bits per heavy atom. The van der Waals surface area contributed by atoms with Gasteiger partial charge in [0.2, 0.25) is 0 Å². The summed E-state index contributed by atoms with van der Waals surface area (Å²) in [6.07, 6.45) is 0. The van der Waals surface area contributed by atoms with Crippen molar-refractivity contribution < 1.29 is 90.9 Å². The third kappa shape index (κ3) is 124. The normalized spacial score (nSPS) is 2.20. The van der Waals surface area contributed by atoms with Gasteiger partial charge in [0.05, 0.1) is 0 Å². The zero-order valence-corrected chi connectivity index (χ0v) is 12.9. The Balaban J connectivity index is -0.00000000246. The van der Waals surface area contributed by atoms with Crippen molar-refractivity contribution in [1.82, 2.24) is 0 Å². The summed E-state index contributed by atoms with van der Waals surface area (Å²) in [5, 5.41) is 0. The van der Waals surface area contributed by atoms with Crippen LogP contribution < -0.4 is 71.5 Å². The van der Waals surface area contributed by atoms with Crippen LogP contribution in [-0.4, -0.2) is 44.4 Å². The molecular weight excluding hydrogens is 214 g/mol. The molecule has 0 rings (SSSR count). The van der Waals surface area contributed by atoms with Gasteiger partial charge in [-0.3, -0.25) is 0 Å². The molecular formula is CH3ClMgNa2O4S. The molecule has 0 saturated heterocycles. The Bertz CT molecular complexity index is 27.2. The van der Waals surface area contributed by atoms with E-state index in [0.29, 0.717) is 0 Å². The summed E-state index contributed by atoms with van der Waals surface area (Å²) < 4.78 is 16.6. The van der Waals surface area contributed by atoms with Crippen molar-refractivity contribution >= 4 is 42.2 Å². The van der Waals surface area contributed by atoms with Crippen molar-refractivity contribution in [2.45, 2.75) is 0 Å². The van der Waals surface area contributed by atoms with Crippen LogP contribution in [0, 0.1) is 0 Å². The number of rotatable bonds is 0. The van der Waals surface area contributed by atoms with Crippen LogP contribution >= 0.6 is 12.3 Å². The van der Waals surface area contributed by atoms with Crippen molar-refractivity contribution in [2.24, 2.45) is 0 Å². The van der Waals surface area contributed by atoms with Gasteiger partial charge >= 0.3 is 82.2 Å². The summed E-state index contributed by atoms with van der Waals surface area (Å²) in [4.78, 5) is 8.00. The summed E-state index contributed by atoms with van der Waals surface area (Å²) in [5.41, 5.74) is 0. The maximum absolute atomic E-state index is 8.29. The molecule has 0 aromatic heterocycles. The van der Waals surface area contributed by atoms with E-state index >= 15 is 0 Å². The molecule has 0 unspecified atom stereocenters. The topological polar surface area (TPSA) is 93.2 Å². The summed E-state index contributed by atoms with van der Waals surface area (Å²) in [7, 11) is 0. The van der Waals surface area contributed by atoms with Gasteiger partial charge in [-0.05, 0) is 0 Å². The van der Waals surface area contributed by atoms with Crippen molar-refractivity contribution in [3.05, 3.63) is 0 Å². The molecule has 0 spiro atoms. The Labute approximate surface area is 131 Å². The molecule has 1 N–H and O–H groups in total. The molecule has 0 saturated carbocycles. The van der Waals surface area contributed by atoms with Crippen LogP contribution in [0.4, 0.5) is 0 Å². The molecule has 0 bridgehead atoms. The molecule has 0 heterocycles. The van der Waals surface area contributed by atoms with E-state index in [1.54, 1.807) is 0 Å². The van der Waals surface area contributed by atoms with E-state index in [1.807, 2.05) is 6.79 Å². The standard InChI is InChI=1S/CH2O.ClH.Mg.2Na.H2O2S.H2O/c1-2;;;;;1-3-2;/h1H2;1H;;;;1-2H;1H2/q;;+2;2*+1;;/p-4. The second kappa shape index (κ2) is 91.7. The molecule has 10 heavy (non-hydrogen) atoms. The molecule has 0 fully saturated rings. The van der Waals surface area contributed by atoms with Gasteiger partial charge in [0.25, 0.3) is 0 Å². The number of carbonyl (C=O) groups is 1. The van der Waals surface area contributed by atoms with Gasteiger partial charge in [0.1, 0.15) is 6.79 Å². The molecule has 4 nitrogen and oxygen atoms in total. The predicted octanol–water partition coefficient (Wildman–Crippen LogP) is -9.75. The van der Waals surface area contributed by atoms with Crippen LogP contribution in [0.3, 0.4) is 0 Å². The zero-order chi connectivity index (χ0) is 4.71. The first kappa shape index (κ1) is 52.2. The molecule has 0 aliphatic rings. The maximum Gasteiger partial charge on any atom is 2.00 e. The van der Waals surface area contributed by atoms with Crippen LogP contribution in [-0.2, 0) is 4.79 Å². The largest absolute Gasteiger partial charge is 2.00 e. The SMILES string of the molecule is C=O.[Cl-].[Mg+2].[Na+].[Na+].[O-]S[O-].[OH-]. The number of hydrogen-bond acceptors (Lipinski definition) is 5. The quantitative estimate of drug-likeness (QED) is 0.296. The van der Waals surface area contributed by atoms with Gasteiger partial charge in [-0.2, -0.15) is 0 Å². The summed E-state index contributed by atoms with van der Waals surface area (Å²) in [6, 6.07) is 0. The van der Waals surface area contributed by atoms with Crippen LogP contribution in [0.5, 0.6) is 0 Å². The summed E-state index contributed by atoms with van der Waals surface area (Å²) in [5.74, 6) is 0. The molecule has 0 atom stereocenters. The summed E-state index contributed by atoms with van der Waals surface area (Å²) in [6.45, 7) is 2.00. The van der Waals surface area contributed by atoms with Gasteiger partial charge in [0.15, 0.2) is 0 Å². The third-order valence-corrected chi connectivity index (χ3v) is 0.